The van der Waals surface area contributed by atoms with Crippen LogP contribution in [0.2, 0.25) is 0 Å². The highest BCUT2D eigenvalue weighted by molar-refractivity contribution is 5.90. The lowest BCUT2D eigenvalue weighted by atomic mass is 9.84. The first kappa shape index (κ1) is 12.9. The summed E-state index contributed by atoms with van der Waals surface area (Å²) in [6.07, 6.45) is 3.31. The molecule has 4 heteroatoms. The van der Waals surface area contributed by atoms with E-state index < -0.39 is 6.10 Å². The zero-order valence-corrected chi connectivity index (χ0v) is 11.4. The molecule has 104 valence electrons. The second-order valence-corrected chi connectivity index (χ2v) is 6.22. The number of esters is 1. The predicted molar refractivity (Wildman–Crippen MR) is 69.4 cm³/mol. The van der Waals surface area contributed by atoms with Crippen LogP contribution >= 0.6 is 0 Å². The van der Waals surface area contributed by atoms with Gasteiger partial charge in [-0.25, -0.2) is 4.79 Å². The minimum absolute atomic E-state index is 0.0397. The van der Waals surface area contributed by atoms with Crippen LogP contribution in [0.1, 0.15) is 33.1 Å². The average Bonchev–Trinajstić information content (AvgIpc) is 2.84. The van der Waals surface area contributed by atoms with Crippen molar-refractivity contribution in [1.82, 2.24) is 0 Å². The summed E-state index contributed by atoms with van der Waals surface area (Å²) in [5.41, 5.74) is 1.34. The van der Waals surface area contributed by atoms with Crippen LogP contribution in [0, 0.1) is 5.92 Å². The fourth-order valence-electron chi connectivity index (χ4n) is 3.34. The fraction of sp³-hybridized carbons (Fsp3) is 0.667. The smallest absolute Gasteiger partial charge is 0.334 e. The van der Waals surface area contributed by atoms with Crippen LogP contribution < -0.4 is 0 Å². The minimum atomic E-state index is -0.494. The van der Waals surface area contributed by atoms with Gasteiger partial charge in [0.05, 0.1) is 17.8 Å². The van der Waals surface area contributed by atoms with Crippen molar-refractivity contribution in [1.29, 1.82) is 0 Å². The second kappa shape index (κ2) is 4.18. The van der Waals surface area contributed by atoms with Gasteiger partial charge in [0, 0.05) is 24.3 Å². The highest BCUT2D eigenvalue weighted by Crippen LogP contribution is 2.48. The molecule has 0 bridgehead atoms. The van der Waals surface area contributed by atoms with E-state index in [9.17, 15) is 9.90 Å². The molecule has 4 nitrogen and oxygen atoms in total. The van der Waals surface area contributed by atoms with Crippen LogP contribution in [0.25, 0.3) is 0 Å². The van der Waals surface area contributed by atoms with Crippen LogP contribution in [-0.2, 0) is 14.3 Å². The maximum atomic E-state index is 11.7. The Morgan fingerprint density at radius 2 is 2.26 bits per heavy atom. The molecule has 2 heterocycles. The summed E-state index contributed by atoms with van der Waals surface area (Å²) in [6.45, 7) is 7.84. The van der Waals surface area contributed by atoms with E-state index in [2.05, 4.69) is 6.58 Å². The molecule has 3 aliphatic rings. The molecule has 0 aromatic rings. The quantitative estimate of drug-likeness (QED) is 0.313. The van der Waals surface area contributed by atoms with Crippen molar-refractivity contribution >= 4 is 5.97 Å². The molecule has 1 aliphatic carbocycles. The molecule has 2 saturated heterocycles. The third-order valence-corrected chi connectivity index (χ3v) is 4.53. The number of fused-ring (bicyclic) bond motifs is 2. The summed E-state index contributed by atoms with van der Waals surface area (Å²) in [6, 6.07) is 0. The van der Waals surface area contributed by atoms with Gasteiger partial charge in [0.15, 0.2) is 0 Å². The number of hydrogen-bond donors (Lipinski definition) is 1. The predicted octanol–water partition coefficient (Wildman–Crippen LogP) is 1.73. The molecule has 5 atom stereocenters. The minimum Gasteiger partial charge on any atom is -0.458 e. The highest BCUT2D eigenvalue weighted by atomic mass is 16.6. The van der Waals surface area contributed by atoms with Gasteiger partial charge in [-0.15, -0.1) is 0 Å². The molecule has 5 unspecified atom stereocenters. The lowest BCUT2D eigenvalue weighted by Crippen LogP contribution is -2.25. The molecule has 0 aromatic carbocycles. The van der Waals surface area contributed by atoms with E-state index >= 15 is 0 Å². The normalized spacial score (nSPS) is 45.9. The van der Waals surface area contributed by atoms with Crippen molar-refractivity contribution in [2.75, 3.05) is 0 Å². The number of carbonyl (C=O) groups excluding carboxylic acids is 1. The van der Waals surface area contributed by atoms with Gasteiger partial charge in [0.25, 0.3) is 0 Å². The molecule has 0 spiro atoms. The zero-order valence-electron chi connectivity index (χ0n) is 11.4. The van der Waals surface area contributed by atoms with Gasteiger partial charge >= 0.3 is 5.97 Å². The summed E-state index contributed by atoms with van der Waals surface area (Å²) in [5.74, 6) is -0.247. The first-order valence-electron chi connectivity index (χ1n) is 6.82. The fourth-order valence-corrected chi connectivity index (χ4v) is 3.34. The number of aliphatic hydroxyl groups is 1. The monoisotopic (exact) mass is 264 g/mol. The van der Waals surface area contributed by atoms with Gasteiger partial charge in [-0.3, -0.25) is 0 Å². The summed E-state index contributed by atoms with van der Waals surface area (Å²) < 4.78 is 11.1. The Labute approximate surface area is 113 Å². The Morgan fingerprint density at radius 1 is 1.53 bits per heavy atom. The van der Waals surface area contributed by atoms with E-state index in [1.54, 1.807) is 0 Å². The van der Waals surface area contributed by atoms with E-state index in [4.69, 9.17) is 9.47 Å². The van der Waals surface area contributed by atoms with E-state index in [1.165, 1.54) is 0 Å². The lowest BCUT2D eigenvalue weighted by Gasteiger charge is -2.20. The Hall–Kier alpha value is -1.13. The number of rotatable bonds is 0. The standard InChI is InChI=1S/C15H20O4/c1-8-4-10(16)7-15(3)13(19-15)6-11-9(2)14(17)18-12(11)5-8/h4,10-13,16H,2,5-7H2,1,3H3. The first-order chi connectivity index (χ1) is 8.89. The molecule has 0 saturated carbocycles. The Kier molecular flexibility index (Phi) is 2.84. The molecular weight excluding hydrogens is 244 g/mol. The maximum absolute atomic E-state index is 11.7. The molecular formula is C15H20O4. The van der Waals surface area contributed by atoms with Gasteiger partial charge in [-0.05, 0) is 20.3 Å². The Morgan fingerprint density at radius 3 is 3.00 bits per heavy atom. The van der Waals surface area contributed by atoms with Gasteiger partial charge in [-0.1, -0.05) is 18.2 Å². The van der Waals surface area contributed by atoms with Crippen molar-refractivity contribution in [2.45, 2.75) is 57.0 Å². The summed E-state index contributed by atoms with van der Waals surface area (Å²) >= 11 is 0. The number of hydrogen-bond acceptors (Lipinski definition) is 4. The number of epoxide rings is 1. The van der Waals surface area contributed by atoms with E-state index in [1.807, 2.05) is 19.9 Å². The molecule has 3 rings (SSSR count). The van der Waals surface area contributed by atoms with Crippen molar-refractivity contribution in [3.8, 4) is 0 Å². The Bertz CT molecular complexity index is 467. The zero-order chi connectivity index (χ0) is 13.8. The molecule has 0 aromatic heterocycles. The van der Waals surface area contributed by atoms with E-state index in [0.29, 0.717) is 18.4 Å². The van der Waals surface area contributed by atoms with E-state index in [-0.39, 0.29) is 29.7 Å². The molecule has 0 amide bonds. The van der Waals surface area contributed by atoms with E-state index in [0.717, 1.165) is 12.0 Å². The van der Waals surface area contributed by atoms with Crippen LogP contribution in [0.4, 0.5) is 0 Å². The molecule has 1 N–H and O–H groups in total. The second-order valence-electron chi connectivity index (χ2n) is 6.22. The van der Waals surface area contributed by atoms with Crippen LogP contribution in [0.15, 0.2) is 23.8 Å². The number of ether oxygens (including phenoxy) is 2. The lowest BCUT2D eigenvalue weighted by molar-refractivity contribution is -0.139. The van der Waals surface area contributed by atoms with Crippen molar-refractivity contribution in [3.63, 3.8) is 0 Å². The largest absolute Gasteiger partial charge is 0.458 e. The Balaban J connectivity index is 1.88. The first-order valence-corrected chi connectivity index (χ1v) is 6.82. The molecule has 19 heavy (non-hydrogen) atoms. The molecule has 2 aliphatic heterocycles. The SMILES string of the molecule is C=C1C(=O)OC2CC(C)=CC(O)CC3(C)OC3CC12. The average molecular weight is 264 g/mol. The van der Waals surface area contributed by atoms with Crippen LogP contribution in [0.3, 0.4) is 0 Å². The van der Waals surface area contributed by atoms with Gasteiger partial charge in [0.2, 0.25) is 0 Å². The maximum Gasteiger partial charge on any atom is 0.334 e. The summed E-state index contributed by atoms with van der Waals surface area (Å²) in [4.78, 5) is 11.7. The van der Waals surface area contributed by atoms with Gasteiger partial charge in [0.1, 0.15) is 6.10 Å². The van der Waals surface area contributed by atoms with Crippen LogP contribution in [0.5, 0.6) is 0 Å². The summed E-state index contributed by atoms with van der Waals surface area (Å²) in [5, 5.41) is 10.0. The number of aliphatic hydroxyl groups excluding tert-OH is 1. The number of carbonyl (C=O) groups is 1. The van der Waals surface area contributed by atoms with Crippen molar-refractivity contribution in [2.24, 2.45) is 5.92 Å². The topological polar surface area (TPSA) is 59.1 Å². The van der Waals surface area contributed by atoms with Crippen molar-refractivity contribution < 1.29 is 19.4 Å². The van der Waals surface area contributed by atoms with Crippen molar-refractivity contribution in [3.05, 3.63) is 23.8 Å². The molecule has 0 radical (unpaired) electrons. The third kappa shape index (κ3) is 2.23. The van der Waals surface area contributed by atoms with Gasteiger partial charge in [-0.2, -0.15) is 0 Å². The highest BCUT2D eigenvalue weighted by Gasteiger charge is 2.55. The summed E-state index contributed by atoms with van der Waals surface area (Å²) in [7, 11) is 0. The molecule has 2 fully saturated rings. The third-order valence-electron chi connectivity index (χ3n) is 4.53. The van der Waals surface area contributed by atoms with Crippen LogP contribution in [-0.4, -0.2) is 35.0 Å². The van der Waals surface area contributed by atoms with Gasteiger partial charge < -0.3 is 14.6 Å².